The summed E-state index contributed by atoms with van der Waals surface area (Å²) in [7, 11) is 0. The fourth-order valence-corrected chi connectivity index (χ4v) is 3.91. The molecule has 3 aromatic rings. The third-order valence-electron chi connectivity index (χ3n) is 5.40. The Morgan fingerprint density at radius 3 is 2.28 bits per heavy atom. The summed E-state index contributed by atoms with van der Waals surface area (Å²) in [6.45, 7) is 1.50. The van der Waals surface area contributed by atoms with E-state index in [1.165, 1.54) is 44.6 Å². The Kier molecular flexibility index (Phi) is 5.84. The lowest BCUT2D eigenvalue weighted by molar-refractivity contribution is -0.114. The highest BCUT2D eigenvalue weighted by molar-refractivity contribution is 5.88. The summed E-state index contributed by atoms with van der Waals surface area (Å²) in [4.78, 5) is 20.1. The van der Waals surface area contributed by atoms with Crippen LogP contribution in [0.3, 0.4) is 0 Å². The predicted molar refractivity (Wildman–Crippen MR) is 117 cm³/mol. The summed E-state index contributed by atoms with van der Waals surface area (Å²) in [5.41, 5.74) is 4.99. The van der Waals surface area contributed by atoms with Crippen molar-refractivity contribution >= 4 is 23.2 Å². The number of carbonyl (C=O) groups is 1. The van der Waals surface area contributed by atoms with Gasteiger partial charge in [-0.3, -0.25) is 4.79 Å². The molecule has 1 saturated carbocycles. The van der Waals surface area contributed by atoms with Crippen molar-refractivity contribution in [3.63, 3.8) is 0 Å². The third-order valence-corrected chi connectivity index (χ3v) is 5.40. The first-order valence-electron chi connectivity index (χ1n) is 10.3. The summed E-state index contributed by atoms with van der Waals surface area (Å²) >= 11 is 0. The van der Waals surface area contributed by atoms with Crippen LogP contribution in [-0.4, -0.2) is 15.9 Å². The number of anilines is 3. The van der Waals surface area contributed by atoms with Crippen molar-refractivity contribution in [1.29, 1.82) is 0 Å². The molecule has 2 aromatic carbocycles. The van der Waals surface area contributed by atoms with Crippen LogP contribution in [0.25, 0.3) is 11.3 Å². The third kappa shape index (κ3) is 4.99. The van der Waals surface area contributed by atoms with E-state index in [4.69, 9.17) is 0 Å². The van der Waals surface area contributed by atoms with Gasteiger partial charge in [-0.05, 0) is 54.7 Å². The first-order valence-corrected chi connectivity index (χ1v) is 10.3. The van der Waals surface area contributed by atoms with Crippen molar-refractivity contribution in [1.82, 2.24) is 9.97 Å². The maximum Gasteiger partial charge on any atom is 0.227 e. The van der Waals surface area contributed by atoms with Gasteiger partial charge in [0.15, 0.2) is 0 Å². The van der Waals surface area contributed by atoms with Crippen LogP contribution in [0.2, 0.25) is 0 Å². The Bertz CT molecular complexity index is 961. The van der Waals surface area contributed by atoms with E-state index >= 15 is 0 Å². The number of rotatable bonds is 5. The highest BCUT2D eigenvalue weighted by Crippen LogP contribution is 2.33. The van der Waals surface area contributed by atoms with Gasteiger partial charge in [0.1, 0.15) is 0 Å². The molecule has 5 nitrogen and oxygen atoms in total. The van der Waals surface area contributed by atoms with Gasteiger partial charge in [-0.15, -0.1) is 0 Å². The van der Waals surface area contributed by atoms with Crippen molar-refractivity contribution in [3.8, 4) is 11.3 Å². The van der Waals surface area contributed by atoms with Crippen LogP contribution in [0.1, 0.15) is 50.5 Å². The highest BCUT2D eigenvalue weighted by atomic mass is 16.1. The van der Waals surface area contributed by atoms with Gasteiger partial charge in [-0.1, -0.05) is 43.5 Å². The maximum atomic E-state index is 11.2. The van der Waals surface area contributed by atoms with E-state index < -0.39 is 0 Å². The number of amides is 1. The van der Waals surface area contributed by atoms with Crippen LogP contribution < -0.4 is 10.6 Å². The van der Waals surface area contributed by atoms with Gasteiger partial charge in [-0.2, -0.15) is 0 Å². The lowest BCUT2D eigenvalue weighted by Crippen LogP contribution is -2.05. The van der Waals surface area contributed by atoms with Crippen LogP contribution in [0.5, 0.6) is 0 Å². The number of aromatic nitrogens is 2. The fourth-order valence-electron chi connectivity index (χ4n) is 3.91. The van der Waals surface area contributed by atoms with Crippen LogP contribution >= 0.6 is 0 Å². The van der Waals surface area contributed by atoms with Crippen molar-refractivity contribution in [3.05, 3.63) is 66.4 Å². The zero-order valence-electron chi connectivity index (χ0n) is 16.7. The van der Waals surface area contributed by atoms with Crippen LogP contribution in [-0.2, 0) is 4.79 Å². The average molecular weight is 386 g/mol. The molecular formula is C24H26N4O. The monoisotopic (exact) mass is 386 g/mol. The van der Waals surface area contributed by atoms with Crippen molar-refractivity contribution in [2.45, 2.75) is 44.9 Å². The Morgan fingerprint density at radius 1 is 0.897 bits per heavy atom. The van der Waals surface area contributed by atoms with Crippen molar-refractivity contribution < 1.29 is 4.79 Å². The van der Waals surface area contributed by atoms with Gasteiger partial charge in [0.05, 0.1) is 5.69 Å². The van der Waals surface area contributed by atoms with Crippen LogP contribution in [0, 0.1) is 0 Å². The zero-order valence-corrected chi connectivity index (χ0v) is 16.7. The maximum absolute atomic E-state index is 11.2. The normalized spacial score (nSPS) is 14.4. The molecule has 1 amide bonds. The molecule has 1 heterocycles. The number of hydrogen-bond acceptors (Lipinski definition) is 4. The second kappa shape index (κ2) is 8.86. The van der Waals surface area contributed by atoms with Gasteiger partial charge in [0.25, 0.3) is 0 Å². The summed E-state index contributed by atoms with van der Waals surface area (Å²) in [5.74, 6) is 1.19. The number of benzene rings is 2. The minimum Gasteiger partial charge on any atom is -0.326 e. The first-order chi connectivity index (χ1) is 14.2. The zero-order chi connectivity index (χ0) is 20.1. The molecule has 148 valence electrons. The molecule has 0 spiro atoms. The quantitative estimate of drug-likeness (QED) is 0.573. The lowest BCUT2D eigenvalue weighted by atomic mass is 9.84. The van der Waals surface area contributed by atoms with E-state index in [1.807, 2.05) is 30.3 Å². The number of carbonyl (C=O) groups excluding carboxylic acids is 1. The van der Waals surface area contributed by atoms with Crippen molar-refractivity contribution in [2.75, 3.05) is 10.6 Å². The van der Waals surface area contributed by atoms with Gasteiger partial charge in [-0.25, -0.2) is 9.97 Å². The van der Waals surface area contributed by atoms with Gasteiger partial charge in [0, 0.05) is 30.1 Å². The Balaban J connectivity index is 1.45. The molecule has 0 radical (unpaired) electrons. The van der Waals surface area contributed by atoms with E-state index in [0.29, 0.717) is 11.9 Å². The minimum absolute atomic E-state index is 0.0826. The number of nitrogens with one attached hydrogen (secondary N) is 2. The predicted octanol–water partition coefficient (Wildman–Crippen LogP) is 5.89. The van der Waals surface area contributed by atoms with E-state index in [-0.39, 0.29) is 5.91 Å². The summed E-state index contributed by atoms with van der Waals surface area (Å²) < 4.78 is 0. The molecule has 0 saturated heterocycles. The van der Waals surface area contributed by atoms with Gasteiger partial charge < -0.3 is 10.6 Å². The van der Waals surface area contributed by atoms with E-state index in [9.17, 15) is 4.79 Å². The molecular weight excluding hydrogens is 360 g/mol. The topological polar surface area (TPSA) is 66.9 Å². The second-order valence-electron chi connectivity index (χ2n) is 7.61. The minimum atomic E-state index is -0.0826. The number of nitrogens with zero attached hydrogens (tertiary/aromatic N) is 2. The molecule has 1 aliphatic rings. The van der Waals surface area contributed by atoms with Gasteiger partial charge >= 0.3 is 0 Å². The van der Waals surface area contributed by atoms with Gasteiger partial charge in [0.2, 0.25) is 11.9 Å². The van der Waals surface area contributed by atoms with E-state index in [2.05, 4.69) is 44.9 Å². The Hall–Kier alpha value is -3.21. The SMILES string of the molecule is CC(=O)Nc1ccc(-c2ccnc(Nc3ccc(C4CCCCC4)cc3)n2)cc1. The summed E-state index contributed by atoms with van der Waals surface area (Å²) in [6.07, 6.45) is 8.42. The Labute approximate surface area is 171 Å². The molecule has 0 atom stereocenters. The van der Waals surface area contributed by atoms with E-state index in [0.717, 1.165) is 22.6 Å². The summed E-state index contributed by atoms with van der Waals surface area (Å²) in [5, 5.41) is 6.07. The fraction of sp³-hybridized carbons (Fsp3) is 0.292. The molecule has 29 heavy (non-hydrogen) atoms. The summed E-state index contributed by atoms with van der Waals surface area (Å²) in [6, 6.07) is 18.2. The largest absolute Gasteiger partial charge is 0.326 e. The van der Waals surface area contributed by atoms with Crippen LogP contribution in [0.15, 0.2) is 60.8 Å². The molecule has 1 aliphatic carbocycles. The highest BCUT2D eigenvalue weighted by Gasteiger charge is 2.15. The molecule has 4 rings (SSSR count). The molecule has 0 unspecified atom stereocenters. The average Bonchev–Trinajstić information content (AvgIpc) is 2.75. The van der Waals surface area contributed by atoms with E-state index in [1.54, 1.807) is 6.20 Å². The molecule has 0 aliphatic heterocycles. The Morgan fingerprint density at radius 2 is 1.59 bits per heavy atom. The molecule has 1 aromatic heterocycles. The molecule has 1 fully saturated rings. The second-order valence-corrected chi connectivity index (χ2v) is 7.61. The smallest absolute Gasteiger partial charge is 0.227 e. The van der Waals surface area contributed by atoms with Crippen LogP contribution in [0.4, 0.5) is 17.3 Å². The molecule has 5 heteroatoms. The number of hydrogen-bond donors (Lipinski definition) is 2. The standard InChI is InChI=1S/C24H26N4O/c1-17(29)26-21-13-9-20(10-14-21)23-15-16-25-24(28-23)27-22-11-7-19(8-12-22)18-5-3-2-4-6-18/h7-16,18H,2-6H2,1H3,(H,26,29)(H,25,27,28). The molecule has 0 bridgehead atoms. The first kappa shape index (κ1) is 19.1. The molecule has 2 N–H and O–H groups in total. The lowest BCUT2D eigenvalue weighted by Gasteiger charge is -2.22. The van der Waals surface area contributed by atoms with Crippen molar-refractivity contribution in [2.24, 2.45) is 0 Å².